The van der Waals surface area contributed by atoms with E-state index in [0.29, 0.717) is 6.54 Å². The maximum atomic E-state index is 6.13. The molecule has 0 bridgehead atoms. The number of nitrogens with zero attached hydrogens (tertiary/aromatic N) is 1. The van der Waals surface area contributed by atoms with Gasteiger partial charge in [-0.2, -0.15) is 0 Å². The summed E-state index contributed by atoms with van der Waals surface area (Å²) in [5.74, 6) is 0.806. The molecule has 0 saturated heterocycles. The van der Waals surface area contributed by atoms with Crippen LogP contribution in [0.2, 0.25) is 5.02 Å². The van der Waals surface area contributed by atoms with E-state index in [1.54, 1.807) is 11.3 Å². The topological polar surface area (TPSA) is 36.4 Å². The summed E-state index contributed by atoms with van der Waals surface area (Å²) in [4.78, 5) is 5.84. The first kappa shape index (κ1) is 14.9. The molecule has 0 aliphatic heterocycles. The zero-order valence-corrected chi connectivity index (χ0v) is 13.0. The van der Waals surface area contributed by atoms with E-state index in [-0.39, 0.29) is 0 Å². The molecule has 106 valence electrons. The summed E-state index contributed by atoms with van der Waals surface area (Å²) in [5.41, 5.74) is 1.03. The van der Waals surface area contributed by atoms with Gasteiger partial charge in [-0.15, -0.1) is 11.3 Å². The normalized spacial score (nSPS) is 11.4. The third-order valence-corrected chi connectivity index (χ3v) is 3.96. The van der Waals surface area contributed by atoms with Crippen LogP contribution < -0.4 is 10.6 Å². The Morgan fingerprint density at radius 2 is 2.05 bits per heavy atom. The van der Waals surface area contributed by atoms with Crippen LogP contribution in [0, 0.1) is 0 Å². The van der Waals surface area contributed by atoms with Crippen molar-refractivity contribution in [3.8, 4) is 0 Å². The Balaban J connectivity index is 1.96. The van der Waals surface area contributed by atoms with E-state index < -0.39 is 0 Å². The SMILES string of the molecule is CCNC(=NCc1ccccc1Cl)NCc1cccs1. The van der Waals surface area contributed by atoms with Gasteiger partial charge in [-0.05, 0) is 30.0 Å². The summed E-state index contributed by atoms with van der Waals surface area (Å²) in [6, 6.07) is 11.9. The molecule has 3 nitrogen and oxygen atoms in total. The third kappa shape index (κ3) is 4.54. The number of thiophene rings is 1. The highest BCUT2D eigenvalue weighted by Crippen LogP contribution is 2.15. The molecule has 0 fully saturated rings. The van der Waals surface area contributed by atoms with E-state index in [1.165, 1.54) is 4.88 Å². The van der Waals surface area contributed by atoms with Crippen LogP contribution in [-0.4, -0.2) is 12.5 Å². The number of benzene rings is 1. The van der Waals surface area contributed by atoms with Crippen LogP contribution in [0.5, 0.6) is 0 Å². The highest BCUT2D eigenvalue weighted by molar-refractivity contribution is 7.09. The first-order chi connectivity index (χ1) is 9.79. The predicted octanol–water partition coefficient (Wildman–Crippen LogP) is 3.66. The van der Waals surface area contributed by atoms with Gasteiger partial charge >= 0.3 is 0 Å². The maximum absolute atomic E-state index is 6.13. The van der Waals surface area contributed by atoms with Gasteiger partial charge in [0.1, 0.15) is 0 Å². The quantitative estimate of drug-likeness (QED) is 0.653. The van der Waals surface area contributed by atoms with Gasteiger partial charge < -0.3 is 10.6 Å². The van der Waals surface area contributed by atoms with Crippen molar-refractivity contribution in [3.05, 3.63) is 57.2 Å². The standard InChI is InChI=1S/C15H18ClN3S/c1-2-17-15(19-11-13-7-5-9-20-13)18-10-12-6-3-4-8-14(12)16/h3-9H,2,10-11H2,1H3,(H2,17,18,19). The average Bonchev–Trinajstić information content (AvgIpc) is 2.97. The summed E-state index contributed by atoms with van der Waals surface area (Å²) < 4.78 is 0. The van der Waals surface area contributed by atoms with Crippen LogP contribution in [0.3, 0.4) is 0 Å². The largest absolute Gasteiger partial charge is 0.357 e. The lowest BCUT2D eigenvalue weighted by molar-refractivity contribution is 0.823. The molecule has 2 rings (SSSR count). The summed E-state index contributed by atoms with van der Waals surface area (Å²) in [7, 11) is 0. The van der Waals surface area contributed by atoms with Crippen LogP contribution >= 0.6 is 22.9 Å². The van der Waals surface area contributed by atoms with E-state index >= 15 is 0 Å². The Labute approximate surface area is 128 Å². The van der Waals surface area contributed by atoms with E-state index in [1.807, 2.05) is 24.3 Å². The number of nitrogens with one attached hydrogen (secondary N) is 2. The molecule has 1 aromatic carbocycles. The van der Waals surface area contributed by atoms with Crippen molar-refractivity contribution in [3.63, 3.8) is 0 Å². The number of hydrogen-bond donors (Lipinski definition) is 2. The molecule has 0 saturated carbocycles. The maximum Gasteiger partial charge on any atom is 0.191 e. The van der Waals surface area contributed by atoms with Crippen LogP contribution in [0.4, 0.5) is 0 Å². The molecule has 0 amide bonds. The molecule has 0 spiro atoms. The van der Waals surface area contributed by atoms with Gasteiger partial charge in [-0.25, -0.2) is 4.99 Å². The molecule has 5 heteroatoms. The van der Waals surface area contributed by atoms with Crippen molar-refractivity contribution in [2.24, 2.45) is 4.99 Å². The van der Waals surface area contributed by atoms with Crippen molar-refractivity contribution >= 4 is 28.9 Å². The summed E-state index contributed by atoms with van der Waals surface area (Å²) >= 11 is 7.87. The minimum Gasteiger partial charge on any atom is -0.357 e. The molecule has 0 aliphatic carbocycles. The van der Waals surface area contributed by atoms with Gasteiger partial charge in [0.05, 0.1) is 13.1 Å². The monoisotopic (exact) mass is 307 g/mol. The van der Waals surface area contributed by atoms with Gasteiger partial charge in [0.25, 0.3) is 0 Å². The average molecular weight is 308 g/mol. The summed E-state index contributed by atoms with van der Waals surface area (Å²) in [6.45, 7) is 4.24. The first-order valence-corrected chi connectivity index (χ1v) is 7.83. The molecular formula is C15H18ClN3S. The van der Waals surface area contributed by atoms with Crippen molar-refractivity contribution in [1.82, 2.24) is 10.6 Å². The molecule has 0 aliphatic rings. The number of hydrogen-bond acceptors (Lipinski definition) is 2. The molecule has 0 radical (unpaired) electrons. The fourth-order valence-electron chi connectivity index (χ4n) is 1.72. The Morgan fingerprint density at radius 3 is 2.75 bits per heavy atom. The minimum atomic E-state index is 0.569. The lowest BCUT2D eigenvalue weighted by atomic mass is 10.2. The Bertz CT molecular complexity index is 552. The molecular weight excluding hydrogens is 290 g/mol. The predicted molar refractivity (Wildman–Crippen MR) is 87.4 cm³/mol. The highest BCUT2D eigenvalue weighted by atomic mass is 35.5. The molecule has 20 heavy (non-hydrogen) atoms. The molecule has 0 unspecified atom stereocenters. The third-order valence-electron chi connectivity index (χ3n) is 2.72. The Kier molecular flexibility index (Phi) is 5.89. The minimum absolute atomic E-state index is 0.569. The van der Waals surface area contributed by atoms with Crippen molar-refractivity contribution < 1.29 is 0 Å². The molecule has 2 N–H and O–H groups in total. The lowest BCUT2D eigenvalue weighted by Crippen LogP contribution is -2.36. The second kappa shape index (κ2) is 7.92. The van der Waals surface area contributed by atoms with Crippen molar-refractivity contribution in [1.29, 1.82) is 0 Å². The van der Waals surface area contributed by atoms with Crippen LogP contribution in [0.1, 0.15) is 17.4 Å². The van der Waals surface area contributed by atoms with Crippen molar-refractivity contribution in [2.45, 2.75) is 20.0 Å². The van der Waals surface area contributed by atoms with E-state index in [2.05, 4.69) is 40.1 Å². The summed E-state index contributed by atoms with van der Waals surface area (Å²) in [6.07, 6.45) is 0. The van der Waals surface area contributed by atoms with Crippen LogP contribution in [0.15, 0.2) is 46.8 Å². The number of guanidine groups is 1. The Hall–Kier alpha value is -1.52. The van der Waals surface area contributed by atoms with Crippen LogP contribution in [0.25, 0.3) is 0 Å². The fourth-order valence-corrected chi connectivity index (χ4v) is 2.56. The molecule has 1 heterocycles. The lowest BCUT2D eigenvalue weighted by Gasteiger charge is -2.10. The van der Waals surface area contributed by atoms with Gasteiger partial charge in [0.2, 0.25) is 0 Å². The zero-order valence-electron chi connectivity index (χ0n) is 11.4. The van der Waals surface area contributed by atoms with E-state index in [9.17, 15) is 0 Å². The first-order valence-electron chi connectivity index (χ1n) is 6.57. The van der Waals surface area contributed by atoms with Gasteiger partial charge in [0, 0.05) is 16.4 Å². The van der Waals surface area contributed by atoms with Gasteiger partial charge in [-0.3, -0.25) is 0 Å². The number of halogens is 1. The number of rotatable bonds is 5. The molecule has 2 aromatic rings. The van der Waals surface area contributed by atoms with Gasteiger partial charge in [0.15, 0.2) is 5.96 Å². The van der Waals surface area contributed by atoms with Crippen LogP contribution in [-0.2, 0) is 13.1 Å². The van der Waals surface area contributed by atoms with E-state index in [0.717, 1.165) is 29.6 Å². The fraction of sp³-hybridized carbons (Fsp3) is 0.267. The van der Waals surface area contributed by atoms with E-state index in [4.69, 9.17) is 11.6 Å². The Morgan fingerprint density at radius 1 is 1.20 bits per heavy atom. The second-order valence-corrected chi connectivity index (χ2v) is 5.66. The zero-order chi connectivity index (χ0) is 14.2. The number of aliphatic imine (C=N–C) groups is 1. The summed E-state index contributed by atoms with van der Waals surface area (Å²) in [5, 5.41) is 9.38. The smallest absolute Gasteiger partial charge is 0.191 e. The van der Waals surface area contributed by atoms with Gasteiger partial charge in [-0.1, -0.05) is 35.9 Å². The molecule has 0 atom stereocenters. The second-order valence-electron chi connectivity index (χ2n) is 4.22. The van der Waals surface area contributed by atoms with Crippen molar-refractivity contribution in [2.75, 3.05) is 6.54 Å². The molecule has 1 aromatic heterocycles. The highest BCUT2D eigenvalue weighted by Gasteiger charge is 2.01.